The molecule has 0 heterocycles. The molecule has 0 radical (unpaired) electrons. The molecule has 0 N–H and O–H groups in total. The summed E-state index contributed by atoms with van der Waals surface area (Å²) < 4.78 is 34.1. The first-order valence-electron chi connectivity index (χ1n) is 28.2. The lowest BCUT2D eigenvalue weighted by Gasteiger charge is -2.28. The van der Waals surface area contributed by atoms with Gasteiger partial charge in [-0.1, -0.05) is 204 Å². The number of nitrogens with zero attached hydrogens (tertiary/aromatic N) is 1. The number of esters is 2. The van der Waals surface area contributed by atoms with Crippen LogP contribution in [0.15, 0.2) is 158 Å². The Bertz CT molecular complexity index is 1800. The molecule has 74 heavy (non-hydrogen) atoms. The highest BCUT2D eigenvalue weighted by molar-refractivity contribution is 7.45. The number of carbonyl (C=O) groups excluding carboxylic acids is 2. The van der Waals surface area contributed by atoms with Gasteiger partial charge in [-0.2, -0.15) is 0 Å². The van der Waals surface area contributed by atoms with Gasteiger partial charge in [0.05, 0.1) is 27.7 Å². The van der Waals surface area contributed by atoms with E-state index in [1.807, 2.05) is 21.1 Å². The van der Waals surface area contributed by atoms with Crippen LogP contribution in [0.2, 0.25) is 0 Å². The van der Waals surface area contributed by atoms with Crippen LogP contribution in [-0.4, -0.2) is 70.0 Å². The maximum Gasteiger partial charge on any atom is 0.306 e. The Balaban J connectivity index is 4.36. The highest BCUT2D eigenvalue weighted by Crippen LogP contribution is 2.38. The first-order chi connectivity index (χ1) is 36.0. The Hall–Kier alpha value is -4.37. The van der Waals surface area contributed by atoms with E-state index in [0.29, 0.717) is 23.9 Å². The predicted molar refractivity (Wildman–Crippen MR) is 313 cm³/mol. The molecule has 0 spiro atoms. The van der Waals surface area contributed by atoms with Gasteiger partial charge in [-0.05, 0) is 122 Å². The molecular weight excluding hydrogens is 942 g/mol. The van der Waals surface area contributed by atoms with Crippen molar-refractivity contribution in [3.8, 4) is 0 Å². The molecule has 0 bridgehead atoms. The van der Waals surface area contributed by atoms with Crippen LogP contribution in [0, 0.1) is 0 Å². The van der Waals surface area contributed by atoms with Gasteiger partial charge in [0.1, 0.15) is 19.8 Å². The summed E-state index contributed by atoms with van der Waals surface area (Å²) in [6.07, 6.45) is 79.9. The third kappa shape index (κ3) is 56.9. The SMILES string of the molecule is CC/C=C\C/C=C\C/C=C\C/C=C\C/C=C\C/C=C\C/C=C\CCCCCC(=O)OC(COC(=O)CCCCCCCC/C=C\C/C=C\C/C=C\C/C=C\C/C=C\C/C=C\CC)COP(=O)([O-])OCC[N+](C)(C)C. The van der Waals surface area contributed by atoms with Crippen LogP contribution in [0.1, 0.15) is 181 Å². The second-order valence-electron chi connectivity index (χ2n) is 19.2. The predicted octanol–water partition coefficient (Wildman–Crippen LogP) is 17.1. The minimum absolute atomic E-state index is 0.0507. The van der Waals surface area contributed by atoms with Gasteiger partial charge >= 0.3 is 11.9 Å². The maximum atomic E-state index is 12.8. The van der Waals surface area contributed by atoms with Gasteiger partial charge < -0.3 is 27.9 Å². The van der Waals surface area contributed by atoms with Crippen LogP contribution in [0.3, 0.4) is 0 Å². The van der Waals surface area contributed by atoms with E-state index in [1.54, 1.807) is 0 Å². The van der Waals surface area contributed by atoms with Crippen molar-refractivity contribution in [2.24, 2.45) is 0 Å². The van der Waals surface area contributed by atoms with Gasteiger partial charge in [-0.15, -0.1) is 0 Å². The van der Waals surface area contributed by atoms with Gasteiger partial charge in [-0.3, -0.25) is 14.2 Å². The monoisotopic (exact) mass is 1040 g/mol. The fraction of sp³-hybridized carbons (Fsp3) is 0.562. The summed E-state index contributed by atoms with van der Waals surface area (Å²) in [5.74, 6) is -0.905. The number of hydrogen-bond donors (Lipinski definition) is 0. The maximum absolute atomic E-state index is 12.8. The molecule has 2 unspecified atom stereocenters. The summed E-state index contributed by atoms with van der Waals surface area (Å²) in [5, 5.41) is 0. The Kier molecular flexibility index (Phi) is 50.3. The van der Waals surface area contributed by atoms with Crippen LogP contribution in [0.25, 0.3) is 0 Å². The van der Waals surface area contributed by atoms with Crippen molar-refractivity contribution in [2.75, 3.05) is 47.5 Å². The van der Waals surface area contributed by atoms with Crippen molar-refractivity contribution in [2.45, 2.75) is 187 Å². The minimum Gasteiger partial charge on any atom is -0.756 e. The number of allylic oxidation sites excluding steroid dienone is 26. The first-order valence-corrected chi connectivity index (χ1v) is 29.7. The number of rotatable bonds is 49. The van der Waals surface area contributed by atoms with Crippen LogP contribution < -0.4 is 4.89 Å². The van der Waals surface area contributed by atoms with Crippen molar-refractivity contribution in [3.63, 3.8) is 0 Å². The van der Waals surface area contributed by atoms with E-state index in [1.165, 1.54) is 0 Å². The summed E-state index contributed by atoms with van der Waals surface area (Å²) in [7, 11) is 1.10. The standard InChI is InChI=1S/C64H102NO8P/c1-6-8-10-12-14-16-18-20-22-24-26-28-30-32-34-36-38-40-42-44-46-48-50-52-54-56-63(66)70-60-62(61-72-74(68,69)71-59-58-65(3,4)5)73-64(67)57-55-53-51-49-47-45-43-41-39-37-35-33-31-29-27-25-23-21-19-17-15-13-11-9-7-2/h8-11,14-17,20-23,26-29,32-35,38-41,45,47,62H,6-7,12-13,18-19,24-25,30-31,36-37,42-44,46,48-61H2,1-5H3/b10-8-,11-9-,16-14-,17-15-,22-20-,23-21-,28-26-,29-27-,34-32-,35-33-,40-38-,41-39-,47-45-. The summed E-state index contributed by atoms with van der Waals surface area (Å²) >= 11 is 0. The average Bonchev–Trinajstić information content (AvgIpc) is 3.36. The zero-order valence-electron chi connectivity index (χ0n) is 47.0. The third-order valence-electron chi connectivity index (χ3n) is 11.0. The smallest absolute Gasteiger partial charge is 0.306 e. The number of hydrogen-bond acceptors (Lipinski definition) is 8. The molecule has 2 atom stereocenters. The summed E-state index contributed by atoms with van der Waals surface area (Å²) in [4.78, 5) is 37.9. The summed E-state index contributed by atoms with van der Waals surface area (Å²) in [6, 6.07) is 0. The van der Waals surface area contributed by atoms with Gasteiger partial charge in [-0.25, -0.2) is 0 Å². The van der Waals surface area contributed by atoms with Gasteiger partial charge in [0.2, 0.25) is 0 Å². The number of carbonyl (C=O) groups is 2. The van der Waals surface area contributed by atoms with Crippen molar-refractivity contribution in [1.29, 1.82) is 0 Å². The molecule has 0 fully saturated rings. The molecule has 0 saturated carbocycles. The molecule has 0 amide bonds. The van der Waals surface area contributed by atoms with Crippen LogP contribution >= 0.6 is 7.82 Å². The lowest BCUT2D eigenvalue weighted by atomic mass is 10.1. The number of unbranched alkanes of at least 4 members (excludes halogenated alkanes) is 9. The normalized spacial score (nSPS) is 14.5. The number of phosphoric ester groups is 1. The van der Waals surface area contributed by atoms with E-state index < -0.39 is 32.5 Å². The highest BCUT2D eigenvalue weighted by atomic mass is 31.2. The molecule has 0 aliphatic carbocycles. The first kappa shape index (κ1) is 69.6. The Morgan fingerprint density at radius 3 is 1.09 bits per heavy atom. The van der Waals surface area contributed by atoms with E-state index in [4.69, 9.17) is 18.5 Å². The second kappa shape index (κ2) is 53.5. The fourth-order valence-corrected chi connectivity index (χ4v) is 7.48. The van der Waals surface area contributed by atoms with E-state index in [-0.39, 0.29) is 26.1 Å². The van der Waals surface area contributed by atoms with Gasteiger partial charge in [0.25, 0.3) is 7.82 Å². The van der Waals surface area contributed by atoms with Crippen molar-refractivity contribution in [1.82, 2.24) is 0 Å². The fourth-order valence-electron chi connectivity index (χ4n) is 6.75. The van der Waals surface area contributed by atoms with E-state index >= 15 is 0 Å². The third-order valence-corrected chi connectivity index (χ3v) is 12.0. The second-order valence-corrected chi connectivity index (χ2v) is 20.6. The number of quaternary nitrogens is 1. The number of phosphoric acid groups is 1. The molecule has 0 aromatic heterocycles. The molecule has 9 nitrogen and oxygen atoms in total. The van der Waals surface area contributed by atoms with Gasteiger partial charge in [0, 0.05) is 12.8 Å². The largest absolute Gasteiger partial charge is 0.756 e. The van der Waals surface area contributed by atoms with Crippen molar-refractivity contribution < 1.29 is 42.1 Å². The molecule has 416 valence electrons. The highest BCUT2D eigenvalue weighted by Gasteiger charge is 2.21. The lowest BCUT2D eigenvalue weighted by Crippen LogP contribution is -2.37. The zero-order chi connectivity index (χ0) is 54.2. The number of ether oxygens (including phenoxy) is 2. The molecule has 0 aliphatic heterocycles. The molecule has 0 aliphatic rings. The van der Waals surface area contributed by atoms with E-state index in [2.05, 4.69) is 172 Å². The average molecular weight is 1040 g/mol. The van der Waals surface area contributed by atoms with E-state index in [9.17, 15) is 19.0 Å². The molecule has 0 aromatic rings. The van der Waals surface area contributed by atoms with Gasteiger partial charge in [0.15, 0.2) is 6.10 Å². The molecular formula is C64H102NO8P. The Morgan fingerprint density at radius 2 is 0.730 bits per heavy atom. The number of likely N-dealkylation sites (N-methyl/N-ethyl adjacent to an activating group) is 1. The van der Waals surface area contributed by atoms with Crippen molar-refractivity contribution in [3.05, 3.63) is 158 Å². The molecule has 10 heteroatoms. The van der Waals surface area contributed by atoms with Crippen LogP contribution in [0.5, 0.6) is 0 Å². The Labute approximate surface area is 452 Å². The minimum atomic E-state index is -4.66. The summed E-state index contributed by atoms with van der Waals surface area (Å²) in [5.41, 5.74) is 0. The molecule has 0 saturated heterocycles. The summed E-state index contributed by atoms with van der Waals surface area (Å²) in [6.45, 7) is 3.92. The molecule has 0 aromatic carbocycles. The van der Waals surface area contributed by atoms with Crippen LogP contribution in [-0.2, 0) is 32.7 Å². The van der Waals surface area contributed by atoms with E-state index in [0.717, 1.165) is 141 Å². The van der Waals surface area contributed by atoms with Crippen molar-refractivity contribution >= 4 is 19.8 Å². The molecule has 0 rings (SSSR count). The lowest BCUT2D eigenvalue weighted by molar-refractivity contribution is -0.870. The quantitative estimate of drug-likeness (QED) is 0.0195. The Morgan fingerprint density at radius 1 is 0.419 bits per heavy atom. The van der Waals surface area contributed by atoms with Crippen LogP contribution in [0.4, 0.5) is 0 Å². The topological polar surface area (TPSA) is 111 Å². The zero-order valence-corrected chi connectivity index (χ0v) is 47.9.